The van der Waals surface area contributed by atoms with Crippen molar-refractivity contribution in [2.75, 3.05) is 23.8 Å². The van der Waals surface area contributed by atoms with E-state index in [2.05, 4.69) is 30.8 Å². The van der Waals surface area contributed by atoms with Gasteiger partial charge in [-0.25, -0.2) is 4.98 Å². The highest BCUT2D eigenvalue weighted by atomic mass is 79.9. The number of rotatable bonds is 4. The van der Waals surface area contributed by atoms with Crippen molar-refractivity contribution < 1.29 is 4.74 Å². The summed E-state index contributed by atoms with van der Waals surface area (Å²) in [5.41, 5.74) is 5.68. The van der Waals surface area contributed by atoms with Crippen molar-refractivity contribution in [3.63, 3.8) is 0 Å². The van der Waals surface area contributed by atoms with Gasteiger partial charge in [0.2, 0.25) is 5.95 Å². The molecule has 2 heterocycles. The number of nitrogens with zero attached hydrogens (tertiary/aromatic N) is 3. The number of hydrogen-bond acceptors (Lipinski definition) is 5. The van der Waals surface area contributed by atoms with Crippen LogP contribution in [0.5, 0.6) is 5.75 Å². The summed E-state index contributed by atoms with van der Waals surface area (Å²) in [4.78, 5) is 10.4. The normalized spacial score (nSPS) is 17.7. The van der Waals surface area contributed by atoms with Gasteiger partial charge in [-0.1, -0.05) is 27.5 Å². The number of aromatic nitrogens is 2. The van der Waals surface area contributed by atoms with Gasteiger partial charge in [0, 0.05) is 17.1 Å². The van der Waals surface area contributed by atoms with E-state index in [1.54, 1.807) is 6.07 Å². The number of hydrogen-bond donors (Lipinski definition) is 1. The SMILES string of the molecule is Nc1nc(Cl)cc(N2CCC[C@H]2COc2ccc(Br)cc2)n1. The summed E-state index contributed by atoms with van der Waals surface area (Å²) in [7, 11) is 0. The maximum atomic E-state index is 5.97. The molecule has 1 saturated heterocycles. The Labute approximate surface area is 142 Å². The van der Waals surface area contributed by atoms with Gasteiger partial charge in [-0.3, -0.25) is 0 Å². The van der Waals surface area contributed by atoms with Crippen LogP contribution in [-0.2, 0) is 0 Å². The van der Waals surface area contributed by atoms with Gasteiger partial charge in [-0.2, -0.15) is 4.98 Å². The Morgan fingerprint density at radius 3 is 2.82 bits per heavy atom. The Hall–Kier alpha value is -1.53. The van der Waals surface area contributed by atoms with Crippen LogP contribution in [0, 0.1) is 0 Å². The van der Waals surface area contributed by atoms with E-state index in [0.717, 1.165) is 35.4 Å². The lowest BCUT2D eigenvalue weighted by molar-refractivity contribution is 0.288. The van der Waals surface area contributed by atoms with E-state index in [1.807, 2.05) is 24.3 Å². The zero-order valence-electron chi connectivity index (χ0n) is 11.9. The van der Waals surface area contributed by atoms with E-state index >= 15 is 0 Å². The number of nitrogens with two attached hydrogens (primary N) is 1. The molecule has 0 amide bonds. The third-order valence-corrected chi connectivity index (χ3v) is 4.35. The minimum Gasteiger partial charge on any atom is -0.491 e. The molecular weight excluding hydrogens is 368 g/mol. The summed E-state index contributed by atoms with van der Waals surface area (Å²) in [6.45, 7) is 1.52. The van der Waals surface area contributed by atoms with Crippen LogP contribution in [-0.4, -0.2) is 29.2 Å². The minimum absolute atomic E-state index is 0.196. The number of nitrogen functional groups attached to an aromatic ring is 1. The maximum Gasteiger partial charge on any atom is 0.223 e. The summed E-state index contributed by atoms with van der Waals surface area (Å²) in [5, 5.41) is 0.363. The summed E-state index contributed by atoms with van der Waals surface area (Å²) < 4.78 is 6.92. The Morgan fingerprint density at radius 2 is 2.09 bits per heavy atom. The molecule has 1 aromatic carbocycles. The third kappa shape index (κ3) is 3.62. The molecule has 0 aliphatic carbocycles. The molecule has 0 saturated carbocycles. The van der Waals surface area contributed by atoms with Gasteiger partial charge in [0.1, 0.15) is 23.3 Å². The molecule has 0 radical (unpaired) electrons. The molecular formula is C15H16BrClN4O. The van der Waals surface area contributed by atoms with E-state index in [9.17, 15) is 0 Å². The van der Waals surface area contributed by atoms with Crippen LogP contribution in [0.25, 0.3) is 0 Å². The lowest BCUT2D eigenvalue weighted by atomic mass is 10.2. The molecule has 3 rings (SSSR count). The molecule has 7 heteroatoms. The minimum atomic E-state index is 0.196. The van der Waals surface area contributed by atoms with Crippen molar-refractivity contribution in [1.29, 1.82) is 0 Å². The fourth-order valence-corrected chi connectivity index (χ4v) is 3.05. The van der Waals surface area contributed by atoms with Crippen molar-refractivity contribution in [2.45, 2.75) is 18.9 Å². The average Bonchev–Trinajstić information content (AvgIpc) is 2.94. The van der Waals surface area contributed by atoms with Gasteiger partial charge in [-0.05, 0) is 37.1 Å². The van der Waals surface area contributed by atoms with Crippen molar-refractivity contribution in [3.05, 3.63) is 40.0 Å². The largest absolute Gasteiger partial charge is 0.491 e. The molecule has 2 N–H and O–H groups in total. The van der Waals surface area contributed by atoms with E-state index in [4.69, 9.17) is 22.1 Å². The van der Waals surface area contributed by atoms with Crippen LogP contribution in [0.3, 0.4) is 0 Å². The second-order valence-corrected chi connectivity index (χ2v) is 6.46. The number of anilines is 2. The number of ether oxygens (including phenoxy) is 1. The standard InChI is InChI=1S/C15H16BrClN4O/c16-10-3-5-12(6-4-10)22-9-11-2-1-7-21(11)14-8-13(17)19-15(18)20-14/h3-6,8,11H,1-2,7,9H2,(H2,18,19,20)/t11-/m0/s1. The highest BCUT2D eigenvalue weighted by Gasteiger charge is 2.27. The third-order valence-electron chi connectivity index (χ3n) is 3.63. The molecule has 22 heavy (non-hydrogen) atoms. The number of halogens is 2. The Bertz CT molecular complexity index is 632. The van der Waals surface area contributed by atoms with E-state index in [1.165, 1.54) is 0 Å². The van der Waals surface area contributed by atoms with Crippen molar-refractivity contribution >= 4 is 39.3 Å². The van der Waals surface area contributed by atoms with E-state index < -0.39 is 0 Å². The lowest BCUT2D eigenvalue weighted by Gasteiger charge is -2.25. The van der Waals surface area contributed by atoms with Gasteiger partial charge in [0.15, 0.2) is 0 Å². The smallest absolute Gasteiger partial charge is 0.223 e. The summed E-state index contributed by atoms with van der Waals surface area (Å²) in [6.07, 6.45) is 2.15. The molecule has 0 spiro atoms. The van der Waals surface area contributed by atoms with Crippen molar-refractivity contribution in [2.24, 2.45) is 0 Å². The molecule has 0 bridgehead atoms. The zero-order valence-corrected chi connectivity index (χ0v) is 14.2. The van der Waals surface area contributed by atoms with Gasteiger partial charge in [0.25, 0.3) is 0 Å². The monoisotopic (exact) mass is 382 g/mol. The Balaban J connectivity index is 1.69. The summed E-state index contributed by atoms with van der Waals surface area (Å²) in [6, 6.07) is 9.83. The predicted molar refractivity (Wildman–Crippen MR) is 91.5 cm³/mol. The topological polar surface area (TPSA) is 64.3 Å². The Kier molecular flexibility index (Phi) is 4.69. The van der Waals surface area contributed by atoms with E-state index in [-0.39, 0.29) is 12.0 Å². The molecule has 2 aromatic rings. The fourth-order valence-electron chi connectivity index (χ4n) is 2.60. The quantitative estimate of drug-likeness (QED) is 0.818. The summed E-state index contributed by atoms with van der Waals surface area (Å²) in [5.74, 6) is 1.82. The second kappa shape index (κ2) is 6.71. The van der Waals surface area contributed by atoms with Crippen molar-refractivity contribution in [3.8, 4) is 5.75 Å². The fraction of sp³-hybridized carbons (Fsp3) is 0.333. The molecule has 5 nitrogen and oxygen atoms in total. The van der Waals surface area contributed by atoms with Gasteiger partial charge >= 0.3 is 0 Å². The van der Waals surface area contributed by atoms with Crippen LogP contribution >= 0.6 is 27.5 Å². The van der Waals surface area contributed by atoms with Crippen LogP contribution in [0.2, 0.25) is 5.15 Å². The van der Waals surface area contributed by atoms with Crippen molar-refractivity contribution in [1.82, 2.24) is 9.97 Å². The maximum absolute atomic E-state index is 5.97. The average molecular weight is 384 g/mol. The first-order chi connectivity index (χ1) is 10.6. The number of benzene rings is 1. The second-order valence-electron chi connectivity index (χ2n) is 5.16. The van der Waals surface area contributed by atoms with E-state index in [0.29, 0.717) is 11.8 Å². The first-order valence-electron chi connectivity index (χ1n) is 7.07. The van der Waals surface area contributed by atoms with Gasteiger partial charge < -0.3 is 15.4 Å². The predicted octanol–water partition coefficient (Wildman–Crippen LogP) is 3.52. The first-order valence-corrected chi connectivity index (χ1v) is 8.24. The molecule has 1 fully saturated rings. The van der Waals surface area contributed by atoms with Crippen LogP contribution in [0.4, 0.5) is 11.8 Å². The molecule has 0 unspecified atom stereocenters. The molecule has 1 aromatic heterocycles. The van der Waals surface area contributed by atoms with Crippen LogP contribution < -0.4 is 15.4 Å². The molecule has 116 valence electrons. The van der Waals surface area contributed by atoms with Gasteiger partial charge in [0.05, 0.1) is 6.04 Å². The molecule has 1 aliphatic rings. The van der Waals surface area contributed by atoms with Crippen LogP contribution in [0.15, 0.2) is 34.8 Å². The molecule has 1 aliphatic heterocycles. The first kappa shape index (κ1) is 15.4. The Morgan fingerprint density at radius 1 is 1.32 bits per heavy atom. The van der Waals surface area contributed by atoms with Crippen LogP contribution in [0.1, 0.15) is 12.8 Å². The lowest BCUT2D eigenvalue weighted by Crippen LogP contribution is -2.35. The highest BCUT2D eigenvalue weighted by Crippen LogP contribution is 2.27. The van der Waals surface area contributed by atoms with Gasteiger partial charge in [-0.15, -0.1) is 0 Å². The molecule has 1 atom stereocenters. The highest BCUT2D eigenvalue weighted by molar-refractivity contribution is 9.10. The summed E-state index contributed by atoms with van der Waals surface area (Å²) >= 11 is 9.38. The zero-order chi connectivity index (χ0) is 15.5.